The van der Waals surface area contributed by atoms with Gasteiger partial charge in [-0.2, -0.15) is 0 Å². The summed E-state index contributed by atoms with van der Waals surface area (Å²) in [5, 5.41) is 0.498. The van der Waals surface area contributed by atoms with Crippen LogP contribution in [0.5, 0.6) is 0 Å². The monoisotopic (exact) mass is 358 g/mol. The Morgan fingerprint density at radius 1 is 1.04 bits per heavy atom. The zero-order chi connectivity index (χ0) is 18.7. The largest absolute Gasteiger partial charge is 0.409 e. The van der Waals surface area contributed by atoms with Gasteiger partial charge in [-0.15, -0.1) is 0 Å². The lowest BCUT2D eigenvalue weighted by Gasteiger charge is -2.51. The standard InChI is InChI=1S/C23H38OSi/c1-8-9-15-21-18-20(17-16-19-13-11-10-12-14-19)24-25(21,22(2,3)4)23(5,6)7/h10-14,16-17,20-21H,8-9,15,18H2,1-7H3/b17-16+/t20?,21-/m1/s1. The molecule has 1 saturated heterocycles. The third kappa shape index (κ3) is 4.28. The van der Waals surface area contributed by atoms with Crippen LogP contribution in [0.3, 0.4) is 0 Å². The Labute approximate surface area is 157 Å². The van der Waals surface area contributed by atoms with E-state index in [1.165, 1.54) is 31.2 Å². The van der Waals surface area contributed by atoms with Gasteiger partial charge >= 0.3 is 0 Å². The molecule has 1 aliphatic heterocycles. The zero-order valence-corrected chi connectivity index (χ0v) is 18.4. The predicted molar refractivity (Wildman–Crippen MR) is 113 cm³/mol. The van der Waals surface area contributed by atoms with Crippen molar-refractivity contribution in [3.05, 3.63) is 42.0 Å². The maximum absolute atomic E-state index is 7.06. The van der Waals surface area contributed by atoms with E-state index in [9.17, 15) is 0 Å². The van der Waals surface area contributed by atoms with Gasteiger partial charge in [0.05, 0.1) is 6.10 Å². The molecule has 0 N–H and O–H groups in total. The van der Waals surface area contributed by atoms with Gasteiger partial charge in [-0.05, 0) is 27.6 Å². The first kappa shape index (κ1) is 20.4. The van der Waals surface area contributed by atoms with Crippen LogP contribution in [0.1, 0.15) is 79.7 Å². The molecule has 0 spiro atoms. The lowest BCUT2D eigenvalue weighted by Crippen LogP contribution is -2.55. The summed E-state index contributed by atoms with van der Waals surface area (Å²) in [4.78, 5) is 0. The third-order valence-corrected chi connectivity index (χ3v) is 12.7. The molecule has 2 heteroatoms. The minimum atomic E-state index is -1.95. The number of unbranched alkanes of at least 4 members (excludes halogenated alkanes) is 1. The van der Waals surface area contributed by atoms with Crippen LogP contribution in [0.4, 0.5) is 0 Å². The van der Waals surface area contributed by atoms with Gasteiger partial charge in [0.1, 0.15) is 0 Å². The van der Waals surface area contributed by atoms with Crippen molar-refractivity contribution in [1.29, 1.82) is 0 Å². The van der Waals surface area contributed by atoms with Gasteiger partial charge in [0.25, 0.3) is 0 Å². The first-order valence-corrected chi connectivity index (χ1v) is 12.0. The summed E-state index contributed by atoms with van der Waals surface area (Å²) >= 11 is 0. The summed E-state index contributed by atoms with van der Waals surface area (Å²) in [6, 6.07) is 10.6. The Morgan fingerprint density at radius 2 is 1.64 bits per heavy atom. The summed E-state index contributed by atoms with van der Waals surface area (Å²) in [7, 11) is -1.95. The van der Waals surface area contributed by atoms with E-state index in [1.807, 2.05) is 0 Å². The Bertz CT molecular complexity index is 548. The van der Waals surface area contributed by atoms with Crippen molar-refractivity contribution in [3.8, 4) is 0 Å². The molecule has 2 atom stereocenters. The fourth-order valence-corrected chi connectivity index (χ4v) is 12.6. The summed E-state index contributed by atoms with van der Waals surface area (Å²) in [6.07, 6.45) is 9.96. The first-order chi connectivity index (χ1) is 11.6. The fourth-order valence-electron chi connectivity index (χ4n) is 5.20. The second-order valence-corrected chi connectivity index (χ2v) is 15.3. The second-order valence-electron chi connectivity index (χ2n) is 9.74. The second kappa shape index (κ2) is 7.80. The molecule has 0 aromatic heterocycles. The smallest absolute Gasteiger partial charge is 0.207 e. The highest BCUT2D eigenvalue weighted by Crippen LogP contribution is 2.63. The Balaban J connectivity index is 2.31. The van der Waals surface area contributed by atoms with Crippen LogP contribution in [0.2, 0.25) is 15.6 Å². The molecule has 0 amide bonds. The molecule has 1 aromatic carbocycles. The average molecular weight is 359 g/mol. The van der Waals surface area contributed by atoms with Crippen molar-refractivity contribution in [2.45, 2.75) is 95.9 Å². The maximum atomic E-state index is 7.06. The van der Waals surface area contributed by atoms with Crippen molar-refractivity contribution >= 4 is 14.4 Å². The van der Waals surface area contributed by atoms with Crippen molar-refractivity contribution in [2.75, 3.05) is 0 Å². The van der Waals surface area contributed by atoms with Gasteiger partial charge in [0.15, 0.2) is 0 Å². The molecule has 140 valence electrons. The summed E-state index contributed by atoms with van der Waals surface area (Å²) in [5.41, 5.74) is 2.01. The van der Waals surface area contributed by atoms with Crippen LogP contribution in [0.25, 0.3) is 6.08 Å². The number of rotatable bonds is 5. The van der Waals surface area contributed by atoms with E-state index in [0.29, 0.717) is 0 Å². The van der Waals surface area contributed by atoms with Gasteiger partial charge in [-0.25, -0.2) is 0 Å². The molecular weight excluding hydrogens is 320 g/mol. The van der Waals surface area contributed by atoms with E-state index in [4.69, 9.17) is 4.43 Å². The molecule has 0 aliphatic carbocycles. The predicted octanol–water partition coefficient (Wildman–Crippen LogP) is 7.59. The molecule has 1 aromatic rings. The topological polar surface area (TPSA) is 9.23 Å². The van der Waals surface area contributed by atoms with Crippen molar-refractivity contribution < 1.29 is 4.43 Å². The number of hydrogen-bond donors (Lipinski definition) is 0. The van der Waals surface area contributed by atoms with Gasteiger partial charge < -0.3 is 4.43 Å². The summed E-state index contributed by atoms with van der Waals surface area (Å²) in [6.45, 7) is 16.8. The van der Waals surface area contributed by atoms with Crippen LogP contribution in [0.15, 0.2) is 36.4 Å². The molecule has 0 bridgehead atoms. The van der Waals surface area contributed by atoms with E-state index in [0.717, 1.165) is 5.54 Å². The Morgan fingerprint density at radius 3 is 2.16 bits per heavy atom. The highest BCUT2D eigenvalue weighted by molar-refractivity contribution is 6.81. The fraction of sp³-hybridized carbons (Fsp3) is 0.652. The van der Waals surface area contributed by atoms with Crippen LogP contribution in [-0.2, 0) is 4.43 Å². The van der Waals surface area contributed by atoms with E-state index >= 15 is 0 Å². The molecule has 1 heterocycles. The first-order valence-electron chi connectivity index (χ1n) is 10.0. The minimum absolute atomic E-state index is 0.249. The van der Waals surface area contributed by atoms with Crippen LogP contribution >= 0.6 is 0 Å². The number of benzene rings is 1. The lowest BCUT2D eigenvalue weighted by atomic mass is 10.1. The molecule has 0 radical (unpaired) electrons. The molecule has 1 unspecified atom stereocenters. The molecule has 25 heavy (non-hydrogen) atoms. The minimum Gasteiger partial charge on any atom is -0.409 e. The summed E-state index contributed by atoms with van der Waals surface area (Å²) < 4.78 is 7.06. The molecule has 1 nitrogen and oxygen atoms in total. The molecule has 1 fully saturated rings. The van der Waals surface area contributed by atoms with E-state index < -0.39 is 8.32 Å². The van der Waals surface area contributed by atoms with E-state index in [1.54, 1.807) is 0 Å². The van der Waals surface area contributed by atoms with Gasteiger partial charge in [0.2, 0.25) is 8.32 Å². The molecule has 2 rings (SSSR count). The zero-order valence-electron chi connectivity index (χ0n) is 17.4. The van der Waals surface area contributed by atoms with Gasteiger partial charge in [0, 0.05) is 0 Å². The normalized spacial score (nSPS) is 24.1. The van der Waals surface area contributed by atoms with Crippen molar-refractivity contribution in [2.24, 2.45) is 0 Å². The van der Waals surface area contributed by atoms with Crippen molar-refractivity contribution in [3.63, 3.8) is 0 Å². The van der Waals surface area contributed by atoms with Crippen LogP contribution < -0.4 is 0 Å². The Hall–Kier alpha value is -0.863. The van der Waals surface area contributed by atoms with E-state index in [-0.39, 0.29) is 16.2 Å². The van der Waals surface area contributed by atoms with Crippen LogP contribution in [-0.4, -0.2) is 14.4 Å². The molecule has 1 aliphatic rings. The molecular formula is C23H38OSi. The SMILES string of the molecule is CCCC[C@@H]1CC(/C=C/c2ccccc2)O[Si]1(C(C)(C)C)C(C)(C)C. The van der Waals surface area contributed by atoms with Crippen molar-refractivity contribution in [1.82, 2.24) is 0 Å². The summed E-state index contributed by atoms with van der Waals surface area (Å²) in [5.74, 6) is 0. The maximum Gasteiger partial charge on any atom is 0.207 e. The Kier molecular flexibility index (Phi) is 6.38. The quantitative estimate of drug-likeness (QED) is 0.492. The van der Waals surface area contributed by atoms with Crippen LogP contribution in [0, 0.1) is 0 Å². The van der Waals surface area contributed by atoms with Gasteiger partial charge in [-0.3, -0.25) is 0 Å². The number of hydrogen-bond acceptors (Lipinski definition) is 1. The van der Waals surface area contributed by atoms with Gasteiger partial charge in [-0.1, -0.05) is 110 Å². The highest BCUT2D eigenvalue weighted by atomic mass is 28.4. The highest BCUT2D eigenvalue weighted by Gasteiger charge is 2.63. The lowest BCUT2D eigenvalue weighted by molar-refractivity contribution is 0.240. The van der Waals surface area contributed by atoms with E-state index in [2.05, 4.69) is 91.0 Å². The average Bonchev–Trinajstić information content (AvgIpc) is 2.91. The molecule has 0 saturated carbocycles. The third-order valence-electron chi connectivity index (χ3n) is 5.87.